The first kappa shape index (κ1) is 17.0. The van der Waals surface area contributed by atoms with Crippen LogP contribution >= 0.6 is 0 Å². The van der Waals surface area contributed by atoms with Crippen molar-refractivity contribution in [3.05, 3.63) is 41.7 Å². The van der Waals surface area contributed by atoms with Gasteiger partial charge in [-0.3, -0.25) is 0 Å². The molecule has 0 aliphatic heterocycles. The summed E-state index contributed by atoms with van der Waals surface area (Å²) in [7, 11) is -4.61. The van der Waals surface area contributed by atoms with Crippen molar-refractivity contribution < 1.29 is 26.7 Å². The maximum absolute atomic E-state index is 12.4. The zero-order valence-electron chi connectivity index (χ0n) is 12.0. The van der Waals surface area contributed by atoms with Crippen LogP contribution < -0.4 is 0 Å². The molecule has 0 saturated heterocycles. The molecule has 0 fully saturated rings. The van der Waals surface area contributed by atoms with Gasteiger partial charge in [-0.1, -0.05) is 12.1 Å². The summed E-state index contributed by atoms with van der Waals surface area (Å²) >= 11 is 0. The lowest BCUT2D eigenvalue weighted by atomic mass is 10.2. The highest BCUT2D eigenvalue weighted by atomic mass is 32.2. The Hall–Kier alpha value is -2.36. The molecule has 23 heavy (non-hydrogen) atoms. The summed E-state index contributed by atoms with van der Waals surface area (Å²) in [4.78, 5) is 12.2. The molecule has 1 aromatic heterocycles. The molecule has 1 heterocycles. The number of benzene rings is 1. The van der Waals surface area contributed by atoms with Crippen LogP contribution in [-0.2, 0) is 21.1 Å². The number of carbonyl (C=O) groups excluding carboxylic acids is 1. The van der Waals surface area contributed by atoms with Gasteiger partial charge in [0.25, 0.3) is 0 Å². The van der Waals surface area contributed by atoms with Crippen LogP contribution in [0.1, 0.15) is 23.0 Å². The molecule has 0 atom stereocenters. The Kier molecular flexibility index (Phi) is 5.04. The number of nitrogens with zero attached hydrogens (tertiary/aromatic N) is 3. The average molecular weight is 345 g/mol. The normalized spacial score (nSPS) is 11.7. The number of hydrogen-bond donors (Lipinski definition) is 0. The summed E-state index contributed by atoms with van der Waals surface area (Å²) in [5.74, 6) is -4.06. The SMILES string of the molecule is CCOC(=O)c1cnn(Cc2ccc(S(=O)(=O)C(F)F)cc2)n1. The predicted octanol–water partition coefficient (Wildman–Crippen LogP) is 1.50. The Balaban J connectivity index is 2.11. The van der Waals surface area contributed by atoms with Crippen molar-refractivity contribution in [2.45, 2.75) is 24.1 Å². The van der Waals surface area contributed by atoms with Crippen LogP contribution in [-0.4, -0.2) is 41.7 Å². The number of esters is 1. The number of sulfone groups is 1. The summed E-state index contributed by atoms with van der Waals surface area (Å²) in [6.07, 6.45) is 1.24. The Morgan fingerprint density at radius 3 is 2.52 bits per heavy atom. The van der Waals surface area contributed by atoms with Crippen LogP contribution in [0.5, 0.6) is 0 Å². The molecule has 124 valence electrons. The molecule has 7 nitrogen and oxygen atoms in total. The molecule has 0 radical (unpaired) electrons. The second-order valence-corrected chi connectivity index (χ2v) is 6.35. The van der Waals surface area contributed by atoms with Crippen LogP contribution in [0.3, 0.4) is 0 Å². The minimum absolute atomic E-state index is 0.0451. The molecule has 0 aliphatic carbocycles. The van der Waals surface area contributed by atoms with E-state index in [0.717, 1.165) is 12.1 Å². The fourth-order valence-corrected chi connectivity index (χ4v) is 2.44. The van der Waals surface area contributed by atoms with Crippen molar-refractivity contribution in [2.75, 3.05) is 6.61 Å². The van der Waals surface area contributed by atoms with Gasteiger partial charge in [0.15, 0.2) is 5.69 Å². The smallest absolute Gasteiger partial charge is 0.360 e. The Bertz CT molecular complexity index is 788. The van der Waals surface area contributed by atoms with Crippen LogP contribution in [0, 0.1) is 0 Å². The van der Waals surface area contributed by atoms with Gasteiger partial charge in [0.2, 0.25) is 9.84 Å². The van der Waals surface area contributed by atoms with E-state index in [2.05, 4.69) is 10.2 Å². The average Bonchev–Trinajstić information content (AvgIpc) is 2.96. The lowest BCUT2D eigenvalue weighted by Crippen LogP contribution is -2.12. The summed E-state index contributed by atoms with van der Waals surface area (Å²) in [6.45, 7) is 2.03. The van der Waals surface area contributed by atoms with Crippen molar-refractivity contribution in [2.24, 2.45) is 0 Å². The number of alkyl halides is 2. The van der Waals surface area contributed by atoms with Gasteiger partial charge >= 0.3 is 11.7 Å². The first-order chi connectivity index (χ1) is 10.8. The molecule has 0 bridgehead atoms. The molecular formula is C13H13F2N3O4S. The number of aromatic nitrogens is 3. The Morgan fingerprint density at radius 1 is 1.30 bits per heavy atom. The quantitative estimate of drug-likeness (QED) is 0.737. The number of halogens is 2. The largest absolute Gasteiger partial charge is 0.461 e. The standard InChI is InChI=1S/C13H13F2N3O4S/c1-2-22-12(19)11-7-16-18(17-11)8-9-3-5-10(6-4-9)23(20,21)13(14)15/h3-7,13H,2,8H2,1H3. The van der Waals surface area contributed by atoms with E-state index in [1.807, 2.05) is 0 Å². The number of hydrogen-bond acceptors (Lipinski definition) is 6. The summed E-state index contributed by atoms with van der Waals surface area (Å²) in [5.41, 5.74) is 0.632. The third kappa shape index (κ3) is 3.89. The van der Waals surface area contributed by atoms with E-state index in [-0.39, 0.29) is 18.8 Å². The van der Waals surface area contributed by atoms with E-state index in [1.54, 1.807) is 6.92 Å². The molecule has 1 aromatic carbocycles. The Morgan fingerprint density at radius 2 is 1.96 bits per heavy atom. The van der Waals surface area contributed by atoms with Gasteiger partial charge in [-0.05, 0) is 24.6 Å². The van der Waals surface area contributed by atoms with Gasteiger partial charge in [0, 0.05) is 0 Å². The van der Waals surface area contributed by atoms with E-state index >= 15 is 0 Å². The molecule has 2 aromatic rings. The van der Waals surface area contributed by atoms with Crippen molar-refractivity contribution >= 4 is 15.8 Å². The van der Waals surface area contributed by atoms with Crippen molar-refractivity contribution in [3.8, 4) is 0 Å². The minimum Gasteiger partial charge on any atom is -0.461 e. The molecule has 10 heteroatoms. The Labute approximate surface area is 130 Å². The molecule has 0 N–H and O–H groups in total. The summed E-state index contributed by atoms with van der Waals surface area (Å²) in [6, 6.07) is 4.94. The molecule has 0 aliphatic rings. The van der Waals surface area contributed by atoms with Gasteiger partial charge < -0.3 is 4.74 Å². The zero-order valence-corrected chi connectivity index (χ0v) is 12.8. The van der Waals surface area contributed by atoms with Gasteiger partial charge in [-0.15, -0.1) is 5.10 Å². The van der Waals surface area contributed by atoms with Crippen LogP contribution in [0.15, 0.2) is 35.4 Å². The maximum Gasteiger partial charge on any atom is 0.360 e. The molecule has 0 amide bonds. The van der Waals surface area contributed by atoms with Crippen LogP contribution in [0.2, 0.25) is 0 Å². The molecular weight excluding hydrogens is 332 g/mol. The van der Waals surface area contributed by atoms with E-state index in [4.69, 9.17) is 4.74 Å². The molecule has 0 spiro atoms. The second-order valence-electron chi connectivity index (χ2n) is 4.43. The molecule has 0 saturated carbocycles. The first-order valence-corrected chi connectivity index (χ1v) is 8.07. The van der Waals surface area contributed by atoms with E-state index < -0.39 is 26.5 Å². The maximum atomic E-state index is 12.4. The summed E-state index contributed by atoms with van der Waals surface area (Å²) in [5, 5.41) is 7.80. The molecule has 2 rings (SSSR count). The third-order valence-corrected chi connectivity index (χ3v) is 4.23. The van der Waals surface area contributed by atoms with E-state index in [0.29, 0.717) is 5.56 Å². The second kappa shape index (κ2) is 6.82. The summed E-state index contributed by atoms with van der Waals surface area (Å²) < 4.78 is 52.3. The molecule has 0 unspecified atom stereocenters. The predicted molar refractivity (Wildman–Crippen MR) is 74.7 cm³/mol. The van der Waals surface area contributed by atoms with Crippen molar-refractivity contribution in [3.63, 3.8) is 0 Å². The monoisotopic (exact) mass is 345 g/mol. The fourth-order valence-electron chi connectivity index (χ4n) is 1.72. The lowest BCUT2D eigenvalue weighted by molar-refractivity contribution is 0.0518. The van der Waals surface area contributed by atoms with Crippen LogP contribution in [0.4, 0.5) is 8.78 Å². The van der Waals surface area contributed by atoms with E-state index in [1.165, 1.54) is 23.1 Å². The van der Waals surface area contributed by atoms with Crippen LogP contribution in [0.25, 0.3) is 0 Å². The van der Waals surface area contributed by atoms with Crippen molar-refractivity contribution in [1.29, 1.82) is 0 Å². The highest BCUT2D eigenvalue weighted by Gasteiger charge is 2.26. The number of ether oxygens (including phenoxy) is 1. The van der Waals surface area contributed by atoms with Crippen molar-refractivity contribution in [1.82, 2.24) is 15.0 Å². The van der Waals surface area contributed by atoms with Gasteiger partial charge in [-0.2, -0.15) is 18.7 Å². The van der Waals surface area contributed by atoms with Gasteiger partial charge in [-0.25, -0.2) is 13.2 Å². The first-order valence-electron chi connectivity index (χ1n) is 6.53. The third-order valence-electron chi connectivity index (χ3n) is 2.83. The zero-order chi connectivity index (χ0) is 17.0. The fraction of sp³-hybridized carbons (Fsp3) is 0.308. The van der Waals surface area contributed by atoms with Gasteiger partial charge in [0.05, 0.1) is 24.2 Å². The number of carbonyl (C=O) groups is 1. The van der Waals surface area contributed by atoms with Gasteiger partial charge in [0.1, 0.15) is 0 Å². The highest BCUT2D eigenvalue weighted by Crippen LogP contribution is 2.18. The number of rotatable bonds is 6. The lowest BCUT2D eigenvalue weighted by Gasteiger charge is -2.05. The van der Waals surface area contributed by atoms with E-state index in [9.17, 15) is 22.0 Å². The minimum atomic E-state index is -4.61. The highest BCUT2D eigenvalue weighted by molar-refractivity contribution is 7.91. The topological polar surface area (TPSA) is 91.1 Å².